The molecule has 0 aromatic heterocycles. The van der Waals surface area contributed by atoms with E-state index >= 15 is 0 Å². The van der Waals surface area contributed by atoms with E-state index in [2.05, 4.69) is 0 Å². The van der Waals surface area contributed by atoms with Crippen LogP contribution in [0.5, 0.6) is 0 Å². The number of carbonyl (C=O) groups excluding carboxylic acids is 4. The van der Waals surface area contributed by atoms with Crippen LogP contribution in [0.1, 0.15) is 75.2 Å². The maximum Gasteiger partial charge on any atom is 0.411 e. The molecule has 0 spiro atoms. The zero-order chi connectivity index (χ0) is 28.9. The number of aliphatic hydroxyl groups is 1. The van der Waals surface area contributed by atoms with Gasteiger partial charge in [-0.25, -0.2) is 14.4 Å². The highest BCUT2D eigenvalue weighted by molar-refractivity contribution is 5.94. The molecule has 1 aliphatic heterocycles. The summed E-state index contributed by atoms with van der Waals surface area (Å²) in [6.07, 6.45) is -1.07. The van der Waals surface area contributed by atoms with Gasteiger partial charge >= 0.3 is 24.0 Å². The maximum atomic E-state index is 13.3. The highest BCUT2D eigenvalue weighted by Crippen LogP contribution is 2.23. The second kappa shape index (κ2) is 11.9. The summed E-state index contributed by atoms with van der Waals surface area (Å²) in [5.74, 6) is -3.86. The van der Waals surface area contributed by atoms with Crippen molar-refractivity contribution in [2.24, 2.45) is 0 Å². The van der Waals surface area contributed by atoms with Gasteiger partial charge in [0.05, 0.1) is 6.54 Å². The summed E-state index contributed by atoms with van der Waals surface area (Å²) in [5, 5.41) is 20.1. The molecule has 12 nitrogen and oxygen atoms in total. The first-order valence-electron chi connectivity index (χ1n) is 12.0. The molecule has 3 atom stereocenters. The molecule has 0 saturated heterocycles. The molecule has 0 aliphatic carbocycles. The fourth-order valence-electron chi connectivity index (χ4n) is 3.35. The first kappa shape index (κ1) is 31.9. The fraction of sp³-hybridized carbons (Fsp3) is 0.720. The van der Waals surface area contributed by atoms with E-state index < -0.39 is 71.6 Å². The molecule has 1 aliphatic rings. The molecule has 0 aromatic rings. The summed E-state index contributed by atoms with van der Waals surface area (Å²) in [4.78, 5) is 64.9. The minimum Gasteiger partial charge on any atom is -0.480 e. The smallest absolute Gasteiger partial charge is 0.411 e. The van der Waals surface area contributed by atoms with E-state index in [0.29, 0.717) is 4.90 Å². The van der Waals surface area contributed by atoms with Gasteiger partial charge in [-0.2, -0.15) is 0 Å². The highest BCUT2D eigenvalue weighted by atomic mass is 16.6. The van der Waals surface area contributed by atoms with Gasteiger partial charge in [0.1, 0.15) is 35.1 Å². The predicted molar refractivity (Wildman–Crippen MR) is 131 cm³/mol. The third-order valence-corrected chi connectivity index (χ3v) is 4.67. The van der Waals surface area contributed by atoms with E-state index in [9.17, 15) is 34.2 Å². The number of aliphatic carboxylic acids is 1. The van der Waals surface area contributed by atoms with Crippen molar-refractivity contribution < 1.29 is 48.4 Å². The SMILES string of the molecule is CC(C)(C)OC(=O)CC[C@H](C(=O)OC(C)(C)C)N(C[C@@H](C(=O)O)N1C(=O)C=CC1O)C(=O)OC(C)(C)C. The third-order valence-electron chi connectivity index (χ3n) is 4.67. The number of carboxylic acid groups (broad SMARTS) is 1. The van der Waals surface area contributed by atoms with Crippen molar-refractivity contribution in [3.05, 3.63) is 12.2 Å². The van der Waals surface area contributed by atoms with E-state index in [1.54, 1.807) is 62.3 Å². The van der Waals surface area contributed by atoms with Crippen LogP contribution in [0.4, 0.5) is 4.79 Å². The van der Waals surface area contributed by atoms with Gasteiger partial charge in [-0.3, -0.25) is 19.4 Å². The summed E-state index contributed by atoms with van der Waals surface area (Å²) in [7, 11) is 0. The molecule has 2 amide bonds. The molecule has 1 rings (SSSR count). The van der Waals surface area contributed by atoms with Gasteiger partial charge in [-0.05, 0) is 74.8 Å². The predicted octanol–water partition coefficient (Wildman–Crippen LogP) is 2.23. The van der Waals surface area contributed by atoms with Crippen LogP contribution in [0.3, 0.4) is 0 Å². The third kappa shape index (κ3) is 10.8. The quantitative estimate of drug-likeness (QED) is 0.335. The van der Waals surface area contributed by atoms with Crippen LogP contribution in [-0.4, -0.2) is 91.6 Å². The molecule has 12 heteroatoms. The number of hydrogen-bond donors (Lipinski definition) is 2. The Morgan fingerprint density at radius 3 is 1.86 bits per heavy atom. The fourth-order valence-corrected chi connectivity index (χ4v) is 3.35. The molecule has 0 bridgehead atoms. The Labute approximate surface area is 217 Å². The topological polar surface area (TPSA) is 160 Å². The van der Waals surface area contributed by atoms with E-state index in [0.717, 1.165) is 17.1 Å². The Kier molecular flexibility index (Phi) is 10.3. The molecule has 210 valence electrons. The summed E-state index contributed by atoms with van der Waals surface area (Å²) in [6.45, 7) is 13.9. The number of ether oxygens (including phenoxy) is 3. The highest BCUT2D eigenvalue weighted by Gasteiger charge is 2.43. The summed E-state index contributed by atoms with van der Waals surface area (Å²) in [6, 6.07) is -3.21. The molecule has 0 saturated carbocycles. The number of rotatable bonds is 9. The van der Waals surface area contributed by atoms with Crippen LogP contribution in [0, 0.1) is 0 Å². The number of esters is 2. The number of carbonyl (C=O) groups is 5. The van der Waals surface area contributed by atoms with Gasteiger partial charge in [0, 0.05) is 12.5 Å². The number of carboxylic acids is 1. The molecule has 1 heterocycles. The molecule has 1 unspecified atom stereocenters. The van der Waals surface area contributed by atoms with Gasteiger partial charge in [0.15, 0.2) is 0 Å². The van der Waals surface area contributed by atoms with Crippen LogP contribution < -0.4 is 0 Å². The van der Waals surface area contributed by atoms with Crippen molar-refractivity contribution in [1.82, 2.24) is 9.80 Å². The first-order valence-corrected chi connectivity index (χ1v) is 12.0. The number of hydrogen-bond acceptors (Lipinski definition) is 9. The van der Waals surface area contributed by atoms with E-state index in [4.69, 9.17) is 14.2 Å². The Balaban J connectivity index is 3.47. The molecule has 2 N–H and O–H groups in total. The van der Waals surface area contributed by atoms with Crippen molar-refractivity contribution >= 4 is 29.9 Å². The van der Waals surface area contributed by atoms with Crippen LogP contribution in [0.25, 0.3) is 0 Å². The van der Waals surface area contributed by atoms with Crippen molar-refractivity contribution in [2.75, 3.05) is 6.54 Å². The van der Waals surface area contributed by atoms with Gasteiger partial charge in [-0.1, -0.05) is 0 Å². The van der Waals surface area contributed by atoms with Crippen molar-refractivity contribution in [1.29, 1.82) is 0 Å². The van der Waals surface area contributed by atoms with E-state index in [1.165, 1.54) is 0 Å². The largest absolute Gasteiger partial charge is 0.480 e. The lowest BCUT2D eigenvalue weighted by molar-refractivity contribution is -0.165. The summed E-state index contributed by atoms with van der Waals surface area (Å²) in [5.41, 5.74) is -2.79. The van der Waals surface area contributed by atoms with Gasteiger partial charge in [-0.15, -0.1) is 0 Å². The minimum absolute atomic E-state index is 0.274. The van der Waals surface area contributed by atoms with Crippen LogP contribution in [0.2, 0.25) is 0 Å². The number of aliphatic hydroxyl groups excluding tert-OH is 1. The average Bonchev–Trinajstić information content (AvgIpc) is 2.98. The normalized spacial score (nSPS) is 17.7. The lowest BCUT2D eigenvalue weighted by Gasteiger charge is -2.37. The molecular weight excluding hydrogens is 488 g/mol. The zero-order valence-corrected chi connectivity index (χ0v) is 23.1. The molecule has 0 aromatic carbocycles. The standard InChI is InChI=1S/C25H40N2O10/c1-23(2,3)35-19(30)13-10-15(21(33)36-24(4,5)6)26(22(34)37-25(7,8)9)14-16(20(31)32)27-17(28)11-12-18(27)29/h11-12,15-17,28H,10,13-14H2,1-9H3,(H,31,32)/t15-,16+,17?/m1/s1. The average molecular weight is 529 g/mol. The summed E-state index contributed by atoms with van der Waals surface area (Å²) < 4.78 is 16.2. The van der Waals surface area contributed by atoms with Crippen molar-refractivity contribution in [2.45, 2.75) is 110 Å². The van der Waals surface area contributed by atoms with Crippen LogP contribution in [0.15, 0.2) is 12.2 Å². The Morgan fingerprint density at radius 1 is 0.946 bits per heavy atom. The van der Waals surface area contributed by atoms with E-state index in [1.807, 2.05) is 0 Å². The monoisotopic (exact) mass is 528 g/mol. The molecular formula is C25H40N2O10. The van der Waals surface area contributed by atoms with Gasteiger partial charge < -0.3 is 24.4 Å². The first-order chi connectivity index (χ1) is 16.6. The van der Waals surface area contributed by atoms with Crippen LogP contribution >= 0.6 is 0 Å². The second-order valence-corrected chi connectivity index (χ2v) is 11.7. The molecule has 0 fully saturated rings. The van der Waals surface area contributed by atoms with Crippen LogP contribution in [-0.2, 0) is 33.4 Å². The van der Waals surface area contributed by atoms with Gasteiger partial charge in [0.2, 0.25) is 5.91 Å². The van der Waals surface area contributed by atoms with Crippen molar-refractivity contribution in [3.8, 4) is 0 Å². The molecule has 0 radical (unpaired) electrons. The Bertz CT molecular complexity index is 908. The maximum absolute atomic E-state index is 13.3. The summed E-state index contributed by atoms with van der Waals surface area (Å²) >= 11 is 0. The molecule has 37 heavy (non-hydrogen) atoms. The van der Waals surface area contributed by atoms with E-state index in [-0.39, 0.29) is 12.8 Å². The minimum atomic E-state index is -1.74. The number of amides is 2. The second-order valence-electron chi connectivity index (χ2n) is 11.7. The Hall–Kier alpha value is -3.15. The lowest BCUT2D eigenvalue weighted by Crippen LogP contribution is -2.58. The Morgan fingerprint density at radius 2 is 1.46 bits per heavy atom. The zero-order valence-electron chi connectivity index (χ0n) is 23.1. The van der Waals surface area contributed by atoms with Gasteiger partial charge in [0.25, 0.3) is 0 Å². The lowest BCUT2D eigenvalue weighted by atomic mass is 10.1. The van der Waals surface area contributed by atoms with Crippen molar-refractivity contribution in [3.63, 3.8) is 0 Å². The number of nitrogens with zero attached hydrogens (tertiary/aromatic N) is 2.